The lowest BCUT2D eigenvalue weighted by Crippen LogP contribution is -1.95. The fourth-order valence-electron chi connectivity index (χ4n) is 2.63. The molecule has 2 nitrogen and oxygen atoms in total. The van der Waals surface area contributed by atoms with Gasteiger partial charge in [0.2, 0.25) is 0 Å². The van der Waals surface area contributed by atoms with E-state index < -0.39 is 0 Å². The largest absolute Gasteiger partial charge is 0.489 e. The third-order valence-corrected chi connectivity index (χ3v) is 4.03. The first-order chi connectivity index (χ1) is 11.8. The fraction of sp³-hybridized carbons (Fsp3) is 0.136. The summed E-state index contributed by atoms with van der Waals surface area (Å²) in [5.41, 5.74) is 5.58. The number of nitrogens with zero attached hydrogens (tertiary/aromatic N) is 1. The average Bonchev–Trinajstić information content (AvgIpc) is 2.63. The predicted octanol–water partition coefficient (Wildman–Crippen LogP) is 5.31. The molecule has 0 atom stereocenters. The van der Waals surface area contributed by atoms with Crippen molar-refractivity contribution in [3.8, 4) is 22.9 Å². The number of nitriles is 1. The first kappa shape index (κ1) is 15.8. The van der Waals surface area contributed by atoms with Gasteiger partial charge in [0.05, 0.1) is 12.5 Å². The van der Waals surface area contributed by atoms with Gasteiger partial charge in [0.1, 0.15) is 12.4 Å². The summed E-state index contributed by atoms with van der Waals surface area (Å²) in [5, 5.41) is 8.96. The lowest BCUT2D eigenvalue weighted by atomic mass is 9.98. The van der Waals surface area contributed by atoms with Crippen LogP contribution in [0.3, 0.4) is 0 Å². The molecule has 24 heavy (non-hydrogen) atoms. The molecule has 0 radical (unpaired) electrons. The summed E-state index contributed by atoms with van der Waals surface area (Å²) >= 11 is 0. The Morgan fingerprint density at radius 2 is 1.67 bits per heavy atom. The lowest BCUT2D eigenvalue weighted by Gasteiger charge is -2.10. The van der Waals surface area contributed by atoms with Crippen LogP contribution in [0.2, 0.25) is 0 Å². The van der Waals surface area contributed by atoms with Crippen molar-refractivity contribution in [3.05, 3.63) is 89.5 Å². The summed E-state index contributed by atoms with van der Waals surface area (Å²) in [6.45, 7) is 2.59. The third-order valence-electron chi connectivity index (χ3n) is 4.03. The second kappa shape index (κ2) is 7.48. The van der Waals surface area contributed by atoms with Gasteiger partial charge in [-0.15, -0.1) is 0 Å². The van der Waals surface area contributed by atoms with Crippen molar-refractivity contribution in [2.45, 2.75) is 20.0 Å². The lowest BCUT2D eigenvalue weighted by molar-refractivity contribution is 0.306. The quantitative estimate of drug-likeness (QED) is 0.639. The van der Waals surface area contributed by atoms with E-state index in [0.29, 0.717) is 13.0 Å². The van der Waals surface area contributed by atoms with E-state index in [1.165, 1.54) is 0 Å². The molecule has 3 aromatic rings. The number of rotatable bonds is 5. The molecule has 0 unspecified atom stereocenters. The van der Waals surface area contributed by atoms with Gasteiger partial charge in [-0.2, -0.15) is 5.26 Å². The molecule has 0 aromatic heterocycles. The monoisotopic (exact) mass is 313 g/mol. The first-order valence-corrected chi connectivity index (χ1v) is 8.00. The highest BCUT2D eigenvalue weighted by Gasteiger charge is 2.04. The Kier molecular flexibility index (Phi) is 4.93. The van der Waals surface area contributed by atoms with Gasteiger partial charge in [0.15, 0.2) is 0 Å². The molecule has 0 aliphatic heterocycles. The molecule has 0 amide bonds. The van der Waals surface area contributed by atoms with E-state index in [-0.39, 0.29) is 0 Å². The van der Waals surface area contributed by atoms with Crippen LogP contribution in [0.5, 0.6) is 5.75 Å². The Balaban J connectivity index is 1.80. The summed E-state index contributed by atoms with van der Waals surface area (Å²) in [4.78, 5) is 0. The average molecular weight is 313 g/mol. The van der Waals surface area contributed by atoms with E-state index in [1.54, 1.807) is 0 Å². The molecule has 0 aliphatic carbocycles. The highest BCUT2D eigenvalue weighted by molar-refractivity contribution is 5.66. The van der Waals surface area contributed by atoms with E-state index in [1.807, 2.05) is 43.3 Å². The zero-order valence-electron chi connectivity index (χ0n) is 13.7. The highest BCUT2D eigenvalue weighted by atomic mass is 16.5. The molecular formula is C22H19NO. The van der Waals surface area contributed by atoms with Gasteiger partial charge in [0, 0.05) is 0 Å². The van der Waals surface area contributed by atoms with Crippen LogP contribution in [0.15, 0.2) is 72.8 Å². The van der Waals surface area contributed by atoms with Gasteiger partial charge in [0.25, 0.3) is 0 Å². The molecule has 0 aliphatic rings. The maximum Gasteiger partial charge on any atom is 0.120 e. The van der Waals surface area contributed by atoms with Gasteiger partial charge >= 0.3 is 0 Å². The molecule has 0 heterocycles. The van der Waals surface area contributed by atoms with Gasteiger partial charge < -0.3 is 4.74 Å². The van der Waals surface area contributed by atoms with Crippen LogP contribution in [0.4, 0.5) is 0 Å². The zero-order chi connectivity index (χ0) is 16.8. The first-order valence-electron chi connectivity index (χ1n) is 8.00. The number of ether oxygens (including phenoxy) is 1. The standard InChI is InChI=1S/C22H19NO/c1-17-10-11-21(14-19(17)12-13-23)20-8-5-9-22(15-20)24-16-18-6-3-2-4-7-18/h2-11,14-15H,12,16H2,1H3. The van der Waals surface area contributed by atoms with Gasteiger partial charge in [-0.05, 0) is 52.9 Å². The minimum Gasteiger partial charge on any atom is -0.489 e. The van der Waals surface area contributed by atoms with Crippen LogP contribution in [-0.2, 0) is 13.0 Å². The molecule has 0 N–H and O–H groups in total. The minimum atomic E-state index is 0.434. The Bertz CT molecular complexity index is 863. The van der Waals surface area contributed by atoms with E-state index in [9.17, 15) is 0 Å². The van der Waals surface area contributed by atoms with Crippen molar-refractivity contribution < 1.29 is 4.74 Å². The van der Waals surface area contributed by atoms with Crippen molar-refractivity contribution in [3.63, 3.8) is 0 Å². The molecule has 0 bridgehead atoms. The maximum atomic E-state index is 8.96. The van der Waals surface area contributed by atoms with E-state index in [2.05, 4.69) is 42.5 Å². The summed E-state index contributed by atoms with van der Waals surface area (Å²) in [5.74, 6) is 0.846. The van der Waals surface area contributed by atoms with Crippen LogP contribution in [0, 0.1) is 18.3 Å². The fourth-order valence-corrected chi connectivity index (χ4v) is 2.63. The van der Waals surface area contributed by atoms with Crippen LogP contribution in [0.25, 0.3) is 11.1 Å². The maximum absolute atomic E-state index is 8.96. The predicted molar refractivity (Wildman–Crippen MR) is 96.7 cm³/mol. The minimum absolute atomic E-state index is 0.434. The summed E-state index contributed by atoms with van der Waals surface area (Å²) in [6.07, 6.45) is 0.434. The molecule has 2 heteroatoms. The zero-order valence-corrected chi connectivity index (χ0v) is 13.7. The third kappa shape index (κ3) is 3.83. The molecular weight excluding hydrogens is 294 g/mol. The Labute approximate surface area is 143 Å². The SMILES string of the molecule is Cc1ccc(-c2cccc(OCc3ccccc3)c2)cc1CC#N. The highest BCUT2D eigenvalue weighted by Crippen LogP contribution is 2.26. The summed E-state index contributed by atoms with van der Waals surface area (Å²) < 4.78 is 5.90. The molecule has 118 valence electrons. The van der Waals surface area contributed by atoms with E-state index in [4.69, 9.17) is 10.00 Å². The molecule has 0 fully saturated rings. The van der Waals surface area contributed by atoms with Crippen LogP contribution < -0.4 is 4.74 Å². The summed E-state index contributed by atoms with van der Waals surface area (Å²) in [7, 11) is 0. The molecule has 0 saturated carbocycles. The van der Waals surface area contributed by atoms with Crippen LogP contribution >= 0.6 is 0 Å². The van der Waals surface area contributed by atoms with E-state index in [0.717, 1.165) is 33.6 Å². The smallest absolute Gasteiger partial charge is 0.120 e. The summed E-state index contributed by atoms with van der Waals surface area (Å²) in [6, 6.07) is 26.7. The second-order valence-electron chi connectivity index (χ2n) is 5.78. The normalized spacial score (nSPS) is 10.2. The Morgan fingerprint density at radius 1 is 0.875 bits per heavy atom. The molecule has 0 spiro atoms. The van der Waals surface area contributed by atoms with Crippen molar-refractivity contribution in [2.75, 3.05) is 0 Å². The molecule has 3 aromatic carbocycles. The van der Waals surface area contributed by atoms with Crippen molar-refractivity contribution in [1.29, 1.82) is 5.26 Å². The topological polar surface area (TPSA) is 33.0 Å². The number of hydrogen-bond acceptors (Lipinski definition) is 2. The Hall–Kier alpha value is -3.05. The second-order valence-corrected chi connectivity index (χ2v) is 5.78. The van der Waals surface area contributed by atoms with E-state index >= 15 is 0 Å². The number of aryl methyl sites for hydroxylation is 1. The van der Waals surface area contributed by atoms with Crippen LogP contribution in [0.1, 0.15) is 16.7 Å². The van der Waals surface area contributed by atoms with Gasteiger partial charge in [-0.3, -0.25) is 0 Å². The Morgan fingerprint density at radius 3 is 2.46 bits per heavy atom. The van der Waals surface area contributed by atoms with Crippen molar-refractivity contribution in [1.82, 2.24) is 0 Å². The van der Waals surface area contributed by atoms with Crippen molar-refractivity contribution in [2.24, 2.45) is 0 Å². The van der Waals surface area contributed by atoms with Gasteiger partial charge in [-0.25, -0.2) is 0 Å². The molecule has 3 rings (SSSR count). The van der Waals surface area contributed by atoms with Crippen LogP contribution in [-0.4, -0.2) is 0 Å². The molecule has 0 saturated heterocycles. The number of benzene rings is 3. The van der Waals surface area contributed by atoms with Gasteiger partial charge in [-0.1, -0.05) is 54.6 Å². The van der Waals surface area contributed by atoms with Crippen molar-refractivity contribution >= 4 is 0 Å². The number of hydrogen-bond donors (Lipinski definition) is 0.